The highest BCUT2D eigenvalue weighted by molar-refractivity contribution is 6.22. The SMILES string of the molecule is c1ccc(-c2nc3ccc4cc(N(c5ccccc5)c5cccc(N(c6ccccc6)c6cccc(N(c7ccccc7)c7ccccc7)c6)c5)c5ccccc5c4c3o2)cc1. The van der Waals surface area contributed by atoms with Gasteiger partial charge in [-0.2, -0.15) is 0 Å². The topological polar surface area (TPSA) is 35.8 Å². The quantitative estimate of drug-likeness (QED) is 0.129. The van der Waals surface area contributed by atoms with Gasteiger partial charge >= 0.3 is 0 Å². The van der Waals surface area contributed by atoms with Crippen LogP contribution >= 0.6 is 0 Å². The predicted molar refractivity (Wildman–Crippen MR) is 259 cm³/mol. The molecule has 0 amide bonds. The summed E-state index contributed by atoms with van der Waals surface area (Å²) in [5, 5.41) is 4.33. The maximum atomic E-state index is 6.61. The highest BCUT2D eigenvalue weighted by Gasteiger charge is 2.22. The summed E-state index contributed by atoms with van der Waals surface area (Å²) in [5.74, 6) is 0.616. The smallest absolute Gasteiger partial charge is 0.227 e. The van der Waals surface area contributed by atoms with Crippen LogP contribution in [0.4, 0.5) is 51.2 Å². The van der Waals surface area contributed by atoms with E-state index in [1.807, 2.05) is 30.3 Å². The third-order valence-corrected chi connectivity index (χ3v) is 11.4. The summed E-state index contributed by atoms with van der Waals surface area (Å²) in [4.78, 5) is 11.9. The molecule has 11 aromatic rings. The molecule has 294 valence electrons. The minimum atomic E-state index is 0.616. The molecule has 0 atom stereocenters. The van der Waals surface area contributed by atoms with Gasteiger partial charge < -0.3 is 19.1 Å². The second-order valence-corrected chi connectivity index (χ2v) is 15.2. The summed E-state index contributed by atoms with van der Waals surface area (Å²) in [6.07, 6.45) is 0. The second kappa shape index (κ2) is 16.0. The van der Waals surface area contributed by atoms with Crippen LogP contribution in [0, 0.1) is 0 Å². The molecule has 0 saturated carbocycles. The lowest BCUT2D eigenvalue weighted by atomic mass is 9.98. The number of para-hydroxylation sites is 4. The van der Waals surface area contributed by atoms with Crippen molar-refractivity contribution in [3.05, 3.63) is 243 Å². The highest BCUT2D eigenvalue weighted by atomic mass is 16.3. The molecule has 1 aromatic heterocycles. The summed E-state index contributed by atoms with van der Waals surface area (Å²) >= 11 is 0. The number of hydrogen-bond donors (Lipinski definition) is 0. The van der Waals surface area contributed by atoms with Crippen LogP contribution in [-0.4, -0.2) is 4.98 Å². The third-order valence-electron chi connectivity index (χ3n) is 11.4. The molecule has 5 heteroatoms. The summed E-state index contributed by atoms with van der Waals surface area (Å²) in [6.45, 7) is 0. The highest BCUT2D eigenvalue weighted by Crippen LogP contribution is 2.46. The van der Waals surface area contributed by atoms with E-state index in [1.54, 1.807) is 0 Å². The largest absolute Gasteiger partial charge is 0.435 e. The first-order valence-electron chi connectivity index (χ1n) is 20.9. The fourth-order valence-electron chi connectivity index (χ4n) is 8.62. The van der Waals surface area contributed by atoms with E-state index >= 15 is 0 Å². The van der Waals surface area contributed by atoms with E-state index < -0.39 is 0 Å². The van der Waals surface area contributed by atoms with E-state index in [2.05, 4.69) is 227 Å². The lowest BCUT2D eigenvalue weighted by molar-refractivity contribution is 0.623. The van der Waals surface area contributed by atoms with Gasteiger partial charge in [-0.05, 0) is 120 Å². The molecule has 0 fully saturated rings. The van der Waals surface area contributed by atoms with Crippen LogP contribution in [0.1, 0.15) is 0 Å². The third kappa shape index (κ3) is 6.78. The van der Waals surface area contributed by atoms with Gasteiger partial charge in [-0.1, -0.05) is 133 Å². The Balaban J connectivity index is 1.08. The van der Waals surface area contributed by atoms with Gasteiger partial charge in [-0.15, -0.1) is 0 Å². The number of anilines is 9. The maximum Gasteiger partial charge on any atom is 0.227 e. The molecule has 0 N–H and O–H groups in total. The number of aromatic nitrogens is 1. The number of fused-ring (bicyclic) bond motifs is 5. The summed E-state index contributed by atoms with van der Waals surface area (Å²) in [6, 6.07) is 85.3. The van der Waals surface area contributed by atoms with Crippen LogP contribution in [0.2, 0.25) is 0 Å². The Labute approximate surface area is 360 Å². The molecule has 62 heavy (non-hydrogen) atoms. The molecular formula is C57H40N4O. The van der Waals surface area contributed by atoms with Gasteiger partial charge in [0.25, 0.3) is 0 Å². The van der Waals surface area contributed by atoms with Gasteiger partial charge in [0, 0.05) is 61.8 Å². The van der Waals surface area contributed by atoms with Gasteiger partial charge in [-0.25, -0.2) is 4.98 Å². The first kappa shape index (κ1) is 36.7. The Morgan fingerprint density at radius 3 is 1.24 bits per heavy atom. The van der Waals surface area contributed by atoms with Crippen molar-refractivity contribution in [2.24, 2.45) is 0 Å². The zero-order valence-electron chi connectivity index (χ0n) is 33.8. The van der Waals surface area contributed by atoms with Crippen LogP contribution in [0.25, 0.3) is 44.1 Å². The average molecular weight is 797 g/mol. The van der Waals surface area contributed by atoms with Crippen LogP contribution in [0.5, 0.6) is 0 Å². The standard InChI is InChI=1S/C57H40N4O/c1-6-20-41(21-7-1)57-58-53-37-36-42-38-54(51-34-16-17-35-52(51)55(42)56(53)62-57)61(46-28-14-5-15-29-46)50-33-19-32-49(40-50)60(45-26-12-4-13-27-45)48-31-18-30-47(39-48)59(43-22-8-2-9-23-43)44-24-10-3-11-25-44/h1-40H. The van der Waals surface area contributed by atoms with E-state index in [4.69, 9.17) is 9.40 Å². The fourth-order valence-corrected chi connectivity index (χ4v) is 8.62. The normalized spacial score (nSPS) is 11.2. The first-order chi connectivity index (χ1) is 30.8. The molecule has 10 aromatic carbocycles. The number of benzene rings is 10. The Bertz CT molecular complexity index is 3260. The van der Waals surface area contributed by atoms with Crippen molar-refractivity contribution < 1.29 is 4.42 Å². The van der Waals surface area contributed by atoms with E-state index in [9.17, 15) is 0 Å². The summed E-state index contributed by atoms with van der Waals surface area (Å²) in [7, 11) is 0. The van der Waals surface area contributed by atoms with E-state index in [0.717, 1.165) is 89.4 Å². The molecule has 0 radical (unpaired) electrons. The van der Waals surface area contributed by atoms with Gasteiger partial charge in [0.05, 0.1) is 5.69 Å². The van der Waals surface area contributed by atoms with Crippen molar-refractivity contribution in [2.75, 3.05) is 14.7 Å². The Morgan fingerprint density at radius 1 is 0.323 bits per heavy atom. The van der Waals surface area contributed by atoms with Crippen LogP contribution < -0.4 is 14.7 Å². The van der Waals surface area contributed by atoms with E-state index in [1.165, 1.54) is 0 Å². The van der Waals surface area contributed by atoms with Crippen molar-refractivity contribution in [3.8, 4) is 11.5 Å². The van der Waals surface area contributed by atoms with E-state index in [-0.39, 0.29) is 0 Å². The van der Waals surface area contributed by atoms with E-state index in [0.29, 0.717) is 5.89 Å². The predicted octanol–water partition coefficient (Wildman–Crippen LogP) is 16.2. The number of hydrogen-bond acceptors (Lipinski definition) is 5. The average Bonchev–Trinajstić information content (AvgIpc) is 3.79. The fraction of sp³-hybridized carbons (Fsp3) is 0. The molecule has 0 aliphatic rings. The Hall–Kier alpha value is -8.41. The zero-order chi connectivity index (χ0) is 41.2. The molecule has 0 aliphatic carbocycles. The summed E-state index contributed by atoms with van der Waals surface area (Å²) < 4.78 is 6.61. The van der Waals surface area contributed by atoms with Crippen molar-refractivity contribution in [1.82, 2.24) is 4.98 Å². The Kier molecular flexibility index (Phi) is 9.45. The zero-order valence-corrected chi connectivity index (χ0v) is 33.8. The number of rotatable bonds is 10. The minimum absolute atomic E-state index is 0.616. The molecule has 0 spiro atoms. The number of nitrogens with zero attached hydrogens (tertiary/aromatic N) is 4. The maximum absolute atomic E-state index is 6.61. The van der Waals surface area contributed by atoms with Crippen molar-refractivity contribution in [3.63, 3.8) is 0 Å². The molecular weight excluding hydrogens is 757 g/mol. The lowest BCUT2D eigenvalue weighted by Crippen LogP contribution is -2.14. The molecule has 0 aliphatic heterocycles. The van der Waals surface area contributed by atoms with Crippen LogP contribution in [0.15, 0.2) is 247 Å². The van der Waals surface area contributed by atoms with Gasteiger partial charge in [0.15, 0.2) is 5.58 Å². The molecule has 0 unspecified atom stereocenters. The van der Waals surface area contributed by atoms with Gasteiger partial charge in [-0.3, -0.25) is 0 Å². The first-order valence-corrected chi connectivity index (χ1v) is 20.9. The second-order valence-electron chi connectivity index (χ2n) is 15.2. The van der Waals surface area contributed by atoms with Crippen molar-refractivity contribution in [2.45, 2.75) is 0 Å². The van der Waals surface area contributed by atoms with Gasteiger partial charge in [0.2, 0.25) is 5.89 Å². The minimum Gasteiger partial charge on any atom is -0.435 e. The number of oxazole rings is 1. The van der Waals surface area contributed by atoms with Gasteiger partial charge in [0.1, 0.15) is 5.52 Å². The molecule has 11 rings (SSSR count). The summed E-state index contributed by atoms with van der Waals surface area (Å²) in [5.41, 5.74) is 12.1. The van der Waals surface area contributed by atoms with Crippen LogP contribution in [0.3, 0.4) is 0 Å². The molecule has 5 nitrogen and oxygen atoms in total. The molecule has 0 saturated heterocycles. The monoisotopic (exact) mass is 796 g/mol. The molecule has 0 bridgehead atoms. The van der Waals surface area contributed by atoms with Crippen molar-refractivity contribution in [1.29, 1.82) is 0 Å². The van der Waals surface area contributed by atoms with Crippen LogP contribution in [-0.2, 0) is 0 Å². The Morgan fingerprint density at radius 2 is 0.726 bits per heavy atom. The molecule has 1 heterocycles. The van der Waals surface area contributed by atoms with Crippen molar-refractivity contribution >= 4 is 83.8 Å². The lowest BCUT2D eigenvalue weighted by Gasteiger charge is -2.31.